The largest absolute Gasteiger partial charge is 0.379 e. The lowest BCUT2D eigenvalue weighted by molar-refractivity contribution is 0.129. The third kappa shape index (κ3) is 2.58. The summed E-state index contributed by atoms with van der Waals surface area (Å²) in [5.74, 6) is 0.843. The van der Waals surface area contributed by atoms with E-state index in [4.69, 9.17) is 15.9 Å². The van der Waals surface area contributed by atoms with E-state index in [0.717, 1.165) is 25.2 Å². The SMILES string of the molecule is N=C(N)SC[C@H]1CCCO1. The Hall–Kier alpha value is -0.220. The molecule has 58 valence electrons. The highest BCUT2D eigenvalue weighted by Gasteiger charge is 2.15. The van der Waals surface area contributed by atoms with Gasteiger partial charge in [0.2, 0.25) is 0 Å². The minimum absolute atomic E-state index is 0.190. The number of nitrogens with one attached hydrogen (secondary N) is 1. The van der Waals surface area contributed by atoms with E-state index in [0.29, 0.717) is 6.10 Å². The smallest absolute Gasteiger partial charge is 0.151 e. The van der Waals surface area contributed by atoms with Crippen LogP contribution in [0.3, 0.4) is 0 Å². The predicted molar refractivity (Wildman–Crippen MR) is 43.3 cm³/mol. The highest BCUT2D eigenvalue weighted by molar-refractivity contribution is 8.13. The van der Waals surface area contributed by atoms with Crippen LogP contribution < -0.4 is 5.73 Å². The van der Waals surface area contributed by atoms with Gasteiger partial charge in [-0.3, -0.25) is 5.41 Å². The Morgan fingerprint density at radius 1 is 1.80 bits per heavy atom. The van der Waals surface area contributed by atoms with Crippen LogP contribution in [-0.2, 0) is 4.74 Å². The Labute approximate surface area is 64.8 Å². The maximum atomic E-state index is 6.94. The van der Waals surface area contributed by atoms with E-state index in [2.05, 4.69) is 0 Å². The van der Waals surface area contributed by atoms with Crippen molar-refractivity contribution in [2.45, 2.75) is 18.9 Å². The molecule has 1 aliphatic rings. The molecule has 0 saturated carbocycles. The number of amidine groups is 1. The number of thioether (sulfide) groups is 1. The average Bonchev–Trinajstić information content (AvgIpc) is 2.34. The van der Waals surface area contributed by atoms with Crippen LogP contribution in [0.5, 0.6) is 0 Å². The Balaban J connectivity index is 2.07. The third-order valence-corrected chi connectivity index (χ3v) is 2.30. The van der Waals surface area contributed by atoms with Crippen LogP contribution in [0.15, 0.2) is 0 Å². The van der Waals surface area contributed by atoms with Crippen molar-refractivity contribution in [3.8, 4) is 0 Å². The first-order chi connectivity index (χ1) is 4.79. The van der Waals surface area contributed by atoms with Crippen molar-refractivity contribution >= 4 is 16.9 Å². The fourth-order valence-corrected chi connectivity index (χ4v) is 1.59. The minimum Gasteiger partial charge on any atom is -0.379 e. The molecule has 1 atom stereocenters. The number of hydrogen-bond donors (Lipinski definition) is 2. The molecule has 1 fully saturated rings. The first-order valence-electron chi connectivity index (χ1n) is 3.37. The molecule has 0 unspecified atom stereocenters. The molecule has 1 aliphatic heterocycles. The second-order valence-corrected chi connectivity index (χ2v) is 3.37. The molecule has 0 spiro atoms. The van der Waals surface area contributed by atoms with Gasteiger partial charge in [0.1, 0.15) is 0 Å². The molecule has 3 nitrogen and oxygen atoms in total. The summed E-state index contributed by atoms with van der Waals surface area (Å²) in [4.78, 5) is 0. The van der Waals surface area contributed by atoms with Gasteiger partial charge < -0.3 is 10.5 Å². The van der Waals surface area contributed by atoms with Crippen LogP contribution >= 0.6 is 11.8 Å². The van der Waals surface area contributed by atoms with Crippen molar-refractivity contribution in [1.29, 1.82) is 5.41 Å². The molecule has 1 rings (SSSR count). The van der Waals surface area contributed by atoms with Gasteiger partial charge >= 0.3 is 0 Å². The Kier molecular flexibility index (Phi) is 3.02. The molecule has 4 heteroatoms. The molecular weight excluding hydrogens is 148 g/mol. The monoisotopic (exact) mass is 160 g/mol. The fraction of sp³-hybridized carbons (Fsp3) is 0.833. The zero-order chi connectivity index (χ0) is 7.40. The standard InChI is InChI=1S/C6H12N2OS/c7-6(8)10-4-5-2-1-3-9-5/h5H,1-4H2,(H3,7,8)/t5-/m1/s1. The van der Waals surface area contributed by atoms with Gasteiger partial charge in [-0.2, -0.15) is 0 Å². The van der Waals surface area contributed by atoms with E-state index in [1.165, 1.54) is 11.8 Å². The van der Waals surface area contributed by atoms with Gasteiger partial charge in [0.25, 0.3) is 0 Å². The predicted octanol–water partition coefficient (Wildman–Crippen LogP) is 0.792. The Morgan fingerprint density at radius 3 is 3.10 bits per heavy atom. The van der Waals surface area contributed by atoms with E-state index in [-0.39, 0.29) is 5.17 Å². The van der Waals surface area contributed by atoms with Gasteiger partial charge in [0.15, 0.2) is 5.17 Å². The summed E-state index contributed by atoms with van der Waals surface area (Å²) >= 11 is 1.36. The van der Waals surface area contributed by atoms with Crippen molar-refractivity contribution in [2.75, 3.05) is 12.4 Å². The topological polar surface area (TPSA) is 59.1 Å². The summed E-state index contributed by atoms with van der Waals surface area (Å²) in [5, 5.41) is 7.13. The van der Waals surface area contributed by atoms with Crippen LogP contribution in [0.1, 0.15) is 12.8 Å². The molecule has 0 aromatic carbocycles. The van der Waals surface area contributed by atoms with E-state index >= 15 is 0 Å². The van der Waals surface area contributed by atoms with Crippen molar-refractivity contribution in [2.24, 2.45) is 5.73 Å². The Bertz CT molecular complexity index is 123. The van der Waals surface area contributed by atoms with E-state index in [1.807, 2.05) is 0 Å². The fourth-order valence-electron chi connectivity index (χ4n) is 0.959. The average molecular weight is 160 g/mol. The number of rotatable bonds is 2. The van der Waals surface area contributed by atoms with Crippen LogP contribution in [0.2, 0.25) is 0 Å². The van der Waals surface area contributed by atoms with Gasteiger partial charge in [-0.25, -0.2) is 0 Å². The second kappa shape index (κ2) is 3.83. The normalized spacial score (nSPS) is 25.0. The van der Waals surface area contributed by atoms with E-state index in [9.17, 15) is 0 Å². The molecule has 1 heterocycles. The zero-order valence-corrected chi connectivity index (χ0v) is 6.62. The molecule has 0 radical (unpaired) electrons. The summed E-state index contributed by atoms with van der Waals surface area (Å²) in [6, 6.07) is 0. The van der Waals surface area contributed by atoms with E-state index in [1.54, 1.807) is 0 Å². The van der Waals surface area contributed by atoms with Crippen LogP contribution in [0, 0.1) is 5.41 Å². The van der Waals surface area contributed by atoms with Crippen molar-refractivity contribution in [3.63, 3.8) is 0 Å². The van der Waals surface area contributed by atoms with E-state index < -0.39 is 0 Å². The number of ether oxygens (including phenoxy) is 1. The number of nitrogens with two attached hydrogens (primary N) is 1. The van der Waals surface area contributed by atoms with Crippen molar-refractivity contribution in [1.82, 2.24) is 0 Å². The van der Waals surface area contributed by atoms with Crippen molar-refractivity contribution < 1.29 is 4.74 Å². The van der Waals surface area contributed by atoms with Gasteiger partial charge in [-0.05, 0) is 12.8 Å². The molecule has 1 saturated heterocycles. The lowest BCUT2D eigenvalue weighted by atomic mass is 10.3. The van der Waals surface area contributed by atoms with Crippen LogP contribution in [0.25, 0.3) is 0 Å². The third-order valence-electron chi connectivity index (χ3n) is 1.45. The first kappa shape index (κ1) is 7.88. The Morgan fingerprint density at radius 2 is 2.60 bits per heavy atom. The second-order valence-electron chi connectivity index (χ2n) is 2.31. The van der Waals surface area contributed by atoms with Crippen molar-refractivity contribution in [3.05, 3.63) is 0 Å². The summed E-state index contributed by atoms with van der Waals surface area (Å²) < 4.78 is 5.33. The maximum Gasteiger partial charge on any atom is 0.151 e. The molecule has 0 bridgehead atoms. The molecule has 0 amide bonds. The summed E-state index contributed by atoms with van der Waals surface area (Å²) in [6.45, 7) is 0.878. The maximum absolute atomic E-state index is 6.94. The lowest BCUT2D eigenvalue weighted by Gasteiger charge is -2.06. The lowest BCUT2D eigenvalue weighted by Crippen LogP contribution is -2.13. The minimum atomic E-state index is 0.190. The molecule has 3 N–H and O–H groups in total. The van der Waals surface area contributed by atoms with Crippen LogP contribution in [-0.4, -0.2) is 23.6 Å². The summed E-state index contributed by atoms with van der Waals surface area (Å²) in [5.41, 5.74) is 5.16. The number of hydrogen-bond acceptors (Lipinski definition) is 3. The zero-order valence-electron chi connectivity index (χ0n) is 5.80. The van der Waals surface area contributed by atoms with Gasteiger partial charge in [-0.15, -0.1) is 0 Å². The molecule has 0 aromatic rings. The molecular formula is C6H12N2OS. The summed E-state index contributed by atoms with van der Waals surface area (Å²) in [7, 11) is 0. The summed E-state index contributed by atoms with van der Waals surface area (Å²) in [6.07, 6.45) is 2.62. The first-order valence-corrected chi connectivity index (χ1v) is 4.36. The van der Waals surface area contributed by atoms with Gasteiger partial charge in [0, 0.05) is 12.4 Å². The van der Waals surface area contributed by atoms with Gasteiger partial charge in [-0.1, -0.05) is 11.8 Å². The molecule has 10 heavy (non-hydrogen) atoms. The quantitative estimate of drug-likeness (QED) is 0.464. The highest BCUT2D eigenvalue weighted by Crippen LogP contribution is 2.16. The van der Waals surface area contributed by atoms with Crippen LogP contribution in [0.4, 0.5) is 0 Å². The molecule has 0 aliphatic carbocycles. The van der Waals surface area contributed by atoms with Gasteiger partial charge in [0.05, 0.1) is 6.10 Å². The highest BCUT2D eigenvalue weighted by atomic mass is 32.2. The molecule has 0 aromatic heterocycles.